The van der Waals surface area contributed by atoms with Crippen LogP contribution in [0.3, 0.4) is 0 Å². The predicted octanol–water partition coefficient (Wildman–Crippen LogP) is 0.795. The molecule has 0 aromatic heterocycles. The number of halogens is 3. The molecule has 2 saturated heterocycles. The molecule has 2 aliphatic heterocycles. The van der Waals surface area contributed by atoms with Crippen molar-refractivity contribution in [3.63, 3.8) is 0 Å². The maximum absolute atomic E-state index is 13.1. The summed E-state index contributed by atoms with van der Waals surface area (Å²) in [6.45, 7) is -0.501. The van der Waals surface area contributed by atoms with Crippen LogP contribution in [0.15, 0.2) is 24.3 Å². The van der Waals surface area contributed by atoms with Crippen LogP contribution in [0.4, 0.5) is 19.3 Å². The molecule has 0 aliphatic carbocycles. The van der Waals surface area contributed by atoms with Gasteiger partial charge in [-0.1, -0.05) is 12.1 Å². The SMILES string of the molecule is Cl.O=C1NC(=O)C(Cc2ccc(NC(=O)C3CC(F)(F)CN3)cc2)N1. The Morgan fingerprint density at radius 2 is 1.92 bits per heavy atom. The summed E-state index contributed by atoms with van der Waals surface area (Å²) in [5, 5.41) is 9.71. The number of carbonyl (C=O) groups is 3. The zero-order chi connectivity index (χ0) is 17.3. The zero-order valence-electron chi connectivity index (χ0n) is 13.0. The van der Waals surface area contributed by atoms with Gasteiger partial charge >= 0.3 is 6.03 Å². The lowest BCUT2D eigenvalue weighted by atomic mass is 10.1. The predicted molar refractivity (Wildman–Crippen MR) is 87.8 cm³/mol. The summed E-state index contributed by atoms with van der Waals surface area (Å²) in [6, 6.07) is 4.58. The number of rotatable bonds is 4. The third-order valence-electron chi connectivity index (χ3n) is 3.95. The Hall–Kier alpha value is -2.26. The molecule has 2 unspecified atom stereocenters. The van der Waals surface area contributed by atoms with Gasteiger partial charge in [-0.15, -0.1) is 12.4 Å². The van der Waals surface area contributed by atoms with Gasteiger partial charge in [-0.2, -0.15) is 0 Å². The Bertz CT molecular complexity index is 684. The molecule has 3 rings (SSSR count). The van der Waals surface area contributed by atoms with Crippen molar-refractivity contribution in [2.45, 2.75) is 30.8 Å². The van der Waals surface area contributed by atoms with Crippen LogP contribution in [-0.4, -0.2) is 42.4 Å². The Morgan fingerprint density at radius 1 is 1.24 bits per heavy atom. The standard InChI is InChI=1S/C15H16F2N4O3.ClH/c16-15(17)6-11(18-7-15)13(23)19-9-3-1-8(2-4-9)5-10-12(22)21-14(24)20-10;/h1-4,10-11,18H,5-7H2,(H,19,23)(H2,20,21,22,24);1H. The van der Waals surface area contributed by atoms with Crippen molar-refractivity contribution in [3.05, 3.63) is 29.8 Å². The van der Waals surface area contributed by atoms with E-state index in [1.165, 1.54) is 0 Å². The molecule has 25 heavy (non-hydrogen) atoms. The van der Waals surface area contributed by atoms with Crippen molar-refractivity contribution >= 4 is 35.9 Å². The minimum atomic E-state index is -2.86. The van der Waals surface area contributed by atoms with Crippen molar-refractivity contribution < 1.29 is 23.2 Å². The van der Waals surface area contributed by atoms with E-state index in [1.807, 2.05) is 0 Å². The molecule has 0 saturated carbocycles. The summed E-state index contributed by atoms with van der Waals surface area (Å²) in [5.74, 6) is -3.76. The number of amides is 4. The van der Waals surface area contributed by atoms with E-state index in [0.29, 0.717) is 12.1 Å². The highest BCUT2D eigenvalue weighted by Gasteiger charge is 2.42. The maximum atomic E-state index is 13.1. The van der Waals surface area contributed by atoms with E-state index in [2.05, 4.69) is 21.3 Å². The average Bonchev–Trinajstić information content (AvgIpc) is 3.03. The fourth-order valence-corrected chi connectivity index (χ4v) is 2.69. The highest BCUT2D eigenvalue weighted by atomic mass is 35.5. The van der Waals surface area contributed by atoms with Gasteiger partial charge in [0.25, 0.3) is 11.8 Å². The van der Waals surface area contributed by atoms with Crippen molar-refractivity contribution in [2.24, 2.45) is 0 Å². The monoisotopic (exact) mass is 374 g/mol. The second-order valence-corrected chi connectivity index (χ2v) is 5.90. The molecule has 1 aromatic rings. The number of urea groups is 1. The van der Waals surface area contributed by atoms with Crippen molar-refractivity contribution in [1.82, 2.24) is 16.0 Å². The highest BCUT2D eigenvalue weighted by Crippen LogP contribution is 2.25. The molecule has 4 amide bonds. The first-order valence-corrected chi connectivity index (χ1v) is 7.45. The van der Waals surface area contributed by atoms with Gasteiger partial charge < -0.3 is 10.6 Å². The van der Waals surface area contributed by atoms with Gasteiger partial charge in [0.2, 0.25) is 5.91 Å². The minimum Gasteiger partial charge on any atom is -0.326 e. The lowest BCUT2D eigenvalue weighted by Crippen LogP contribution is -2.35. The second kappa shape index (κ2) is 7.32. The number of imide groups is 1. The summed E-state index contributed by atoms with van der Waals surface area (Å²) in [5.41, 5.74) is 1.27. The number of carbonyl (C=O) groups excluding carboxylic acids is 3. The molecule has 136 valence electrons. The largest absolute Gasteiger partial charge is 0.326 e. The first-order chi connectivity index (χ1) is 11.3. The quantitative estimate of drug-likeness (QED) is 0.586. The number of anilines is 1. The van der Waals surface area contributed by atoms with Crippen LogP contribution in [0.2, 0.25) is 0 Å². The summed E-state index contributed by atoms with van der Waals surface area (Å²) in [4.78, 5) is 34.5. The summed E-state index contributed by atoms with van der Waals surface area (Å²) in [6.07, 6.45) is -0.199. The van der Waals surface area contributed by atoms with Crippen LogP contribution >= 0.6 is 12.4 Å². The highest BCUT2D eigenvalue weighted by molar-refractivity contribution is 6.04. The van der Waals surface area contributed by atoms with Crippen LogP contribution in [0.25, 0.3) is 0 Å². The summed E-state index contributed by atoms with van der Waals surface area (Å²) in [7, 11) is 0. The van der Waals surface area contributed by atoms with E-state index in [0.717, 1.165) is 5.56 Å². The van der Waals surface area contributed by atoms with Crippen LogP contribution in [0, 0.1) is 0 Å². The van der Waals surface area contributed by atoms with Gasteiger partial charge in [-0.3, -0.25) is 20.2 Å². The lowest BCUT2D eigenvalue weighted by molar-refractivity contribution is -0.120. The minimum absolute atomic E-state index is 0. The summed E-state index contributed by atoms with van der Waals surface area (Å²) >= 11 is 0. The zero-order valence-corrected chi connectivity index (χ0v) is 13.8. The second-order valence-electron chi connectivity index (χ2n) is 5.90. The molecule has 10 heteroatoms. The summed E-state index contributed by atoms with van der Waals surface area (Å²) < 4.78 is 26.2. The average molecular weight is 375 g/mol. The third-order valence-corrected chi connectivity index (χ3v) is 3.95. The lowest BCUT2D eigenvalue weighted by Gasteiger charge is -2.12. The Balaban J connectivity index is 0.00000225. The van der Waals surface area contributed by atoms with Gasteiger partial charge in [0.15, 0.2) is 0 Å². The van der Waals surface area contributed by atoms with E-state index in [9.17, 15) is 23.2 Å². The van der Waals surface area contributed by atoms with Crippen molar-refractivity contribution in [3.8, 4) is 0 Å². The van der Waals surface area contributed by atoms with E-state index in [4.69, 9.17) is 0 Å². The first kappa shape index (κ1) is 19.1. The smallest absolute Gasteiger partial charge is 0.322 e. The molecule has 2 heterocycles. The van der Waals surface area contributed by atoms with E-state index in [-0.39, 0.29) is 18.3 Å². The fourth-order valence-electron chi connectivity index (χ4n) is 2.69. The van der Waals surface area contributed by atoms with E-state index in [1.54, 1.807) is 24.3 Å². The number of hydrogen-bond acceptors (Lipinski definition) is 4. The molecule has 2 atom stereocenters. The topological polar surface area (TPSA) is 99.3 Å². The number of benzene rings is 1. The van der Waals surface area contributed by atoms with Gasteiger partial charge in [0.1, 0.15) is 6.04 Å². The van der Waals surface area contributed by atoms with Crippen LogP contribution in [-0.2, 0) is 16.0 Å². The molecule has 1 aromatic carbocycles. The first-order valence-electron chi connectivity index (χ1n) is 7.45. The van der Waals surface area contributed by atoms with Crippen LogP contribution < -0.4 is 21.3 Å². The third kappa shape index (κ3) is 4.64. The molecule has 2 aliphatic rings. The van der Waals surface area contributed by atoms with Crippen molar-refractivity contribution in [2.75, 3.05) is 11.9 Å². The Kier molecular flexibility index (Phi) is 5.58. The Labute approximate surface area is 148 Å². The molecule has 2 fully saturated rings. The van der Waals surface area contributed by atoms with Gasteiger partial charge in [0.05, 0.1) is 12.6 Å². The van der Waals surface area contributed by atoms with Crippen molar-refractivity contribution in [1.29, 1.82) is 0 Å². The molecule has 0 bridgehead atoms. The molecular weight excluding hydrogens is 358 g/mol. The van der Waals surface area contributed by atoms with Gasteiger partial charge in [0, 0.05) is 18.5 Å². The maximum Gasteiger partial charge on any atom is 0.322 e. The van der Waals surface area contributed by atoms with Gasteiger partial charge in [-0.05, 0) is 17.7 Å². The van der Waals surface area contributed by atoms with Crippen LogP contribution in [0.1, 0.15) is 12.0 Å². The van der Waals surface area contributed by atoms with E-state index < -0.39 is 42.9 Å². The van der Waals surface area contributed by atoms with E-state index >= 15 is 0 Å². The molecule has 7 nitrogen and oxygen atoms in total. The molecule has 0 spiro atoms. The molecule has 4 N–H and O–H groups in total. The fraction of sp³-hybridized carbons (Fsp3) is 0.400. The number of nitrogens with one attached hydrogen (secondary N) is 4. The van der Waals surface area contributed by atoms with Gasteiger partial charge in [-0.25, -0.2) is 13.6 Å². The number of alkyl halides is 2. The molecule has 0 radical (unpaired) electrons. The molecular formula is C15H17ClF2N4O3. The normalized spacial score (nSPS) is 24.2. The Morgan fingerprint density at radius 3 is 2.44 bits per heavy atom. The number of hydrogen-bond donors (Lipinski definition) is 4. The van der Waals surface area contributed by atoms with Crippen LogP contribution in [0.5, 0.6) is 0 Å².